The molecular formula is C10H14ClFN2O2. The van der Waals surface area contributed by atoms with Crippen molar-refractivity contribution in [2.24, 2.45) is 11.5 Å². The highest BCUT2D eigenvalue weighted by atomic mass is 35.5. The summed E-state index contributed by atoms with van der Waals surface area (Å²) < 4.78 is 16.9. The largest absolute Gasteiger partial charge is 0.453 e. The Balaban J connectivity index is 0.000000385. The van der Waals surface area contributed by atoms with E-state index in [1.807, 2.05) is 0 Å². The van der Waals surface area contributed by atoms with Crippen LogP contribution >= 0.6 is 11.6 Å². The standard InChI is InChI=1S/C8H9ClFN.C2H5NO2/c9-7-3-1-2-6(4-5-11)8(7)10;1-5-2(3)4/h1-3H,4-5,11H2;1H3,(H2,3,4). The number of nitrogens with two attached hydrogens (primary N) is 2. The maximum atomic E-state index is 13.0. The van der Waals surface area contributed by atoms with Gasteiger partial charge in [-0.25, -0.2) is 9.18 Å². The number of hydrogen-bond donors (Lipinski definition) is 2. The molecule has 0 radical (unpaired) electrons. The van der Waals surface area contributed by atoms with Crippen molar-refractivity contribution < 1.29 is 13.9 Å². The summed E-state index contributed by atoms with van der Waals surface area (Å²) in [4.78, 5) is 9.37. The molecule has 0 spiro atoms. The van der Waals surface area contributed by atoms with Crippen molar-refractivity contribution in [2.45, 2.75) is 6.42 Å². The summed E-state index contributed by atoms with van der Waals surface area (Å²) in [5.41, 5.74) is 10.3. The number of rotatable bonds is 2. The summed E-state index contributed by atoms with van der Waals surface area (Å²) in [5.74, 6) is -0.348. The van der Waals surface area contributed by atoms with Crippen molar-refractivity contribution in [1.82, 2.24) is 0 Å². The molecule has 0 atom stereocenters. The quantitative estimate of drug-likeness (QED) is 0.836. The van der Waals surface area contributed by atoms with Crippen LogP contribution in [0.4, 0.5) is 9.18 Å². The van der Waals surface area contributed by atoms with Crippen LogP contribution in [-0.2, 0) is 11.2 Å². The van der Waals surface area contributed by atoms with Crippen LogP contribution in [0.3, 0.4) is 0 Å². The number of carbonyl (C=O) groups excluding carboxylic acids is 1. The third-order valence-electron chi connectivity index (χ3n) is 1.65. The van der Waals surface area contributed by atoms with Crippen LogP contribution in [-0.4, -0.2) is 19.7 Å². The molecule has 0 unspecified atom stereocenters. The fraction of sp³-hybridized carbons (Fsp3) is 0.300. The molecule has 0 fully saturated rings. The van der Waals surface area contributed by atoms with Gasteiger partial charge in [0, 0.05) is 0 Å². The van der Waals surface area contributed by atoms with E-state index in [1.165, 1.54) is 13.2 Å². The van der Waals surface area contributed by atoms with Crippen molar-refractivity contribution in [3.63, 3.8) is 0 Å². The first-order valence-corrected chi connectivity index (χ1v) is 4.87. The van der Waals surface area contributed by atoms with Gasteiger partial charge in [-0.15, -0.1) is 0 Å². The molecular weight excluding hydrogens is 235 g/mol. The lowest BCUT2D eigenvalue weighted by Crippen LogP contribution is -2.08. The Hall–Kier alpha value is -1.33. The van der Waals surface area contributed by atoms with E-state index in [2.05, 4.69) is 10.5 Å². The first-order chi connectivity index (χ1) is 7.52. The summed E-state index contributed by atoms with van der Waals surface area (Å²) in [6.07, 6.45) is -0.211. The Morgan fingerprint density at radius 2 is 2.12 bits per heavy atom. The lowest BCUT2D eigenvalue weighted by Gasteiger charge is -2.00. The average molecular weight is 249 g/mol. The van der Waals surface area contributed by atoms with Crippen LogP contribution in [0.25, 0.3) is 0 Å². The van der Waals surface area contributed by atoms with Crippen molar-refractivity contribution >= 4 is 17.7 Å². The monoisotopic (exact) mass is 248 g/mol. The second-order valence-corrected chi connectivity index (χ2v) is 3.18. The molecule has 4 N–H and O–H groups in total. The number of carbonyl (C=O) groups is 1. The number of benzene rings is 1. The summed E-state index contributed by atoms with van der Waals surface area (Å²) >= 11 is 5.53. The summed E-state index contributed by atoms with van der Waals surface area (Å²) in [6.45, 7) is 0.442. The molecule has 90 valence electrons. The van der Waals surface area contributed by atoms with E-state index in [4.69, 9.17) is 17.3 Å². The maximum Gasteiger partial charge on any atom is 0.404 e. The Morgan fingerprint density at radius 1 is 1.56 bits per heavy atom. The van der Waals surface area contributed by atoms with Crippen LogP contribution in [0.1, 0.15) is 5.56 Å². The van der Waals surface area contributed by atoms with Crippen LogP contribution in [0.2, 0.25) is 5.02 Å². The van der Waals surface area contributed by atoms with Crippen molar-refractivity contribution in [1.29, 1.82) is 0 Å². The second kappa shape index (κ2) is 7.90. The molecule has 4 nitrogen and oxygen atoms in total. The predicted molar refractivity (Wildman–Crippen MR) is 60.8 cm³/mol. The molecule has 0 saturated carbocycles. The van der Waals surface area contributed by atoms with Gasteiger partial charge in [0.15, 0.2) is 0 Å². The number of methoxy groups -OCH3 is 1. The van der Waals surface area contributed by atoms with E-state index in [0.717, 1.165) is 0 Å². The minimum absolute atomic E-state index is 0.163. The van der Waals surface area contributed by atoms with Gasteiger partial charge in [0.1, 0.15) is 5.82 Å². The third kappa shape index (κ3) is 5.53. The van der Waals surface area contributed by atoms with Gasteiger partial charge in [0.25, 0.3) is 0 Å². The average Bonchev–Trinajstić information content (AvgIpc) is 2.26. The van der Waals surface area contributed by atoms with Gasteiger partial charge in [-0.2, -0.15) is 0 Å². The topological polar surface area (TPSA) is 78.3 Å². The van der Waals surface area contributed by atoms with Crippen molar-refractivity contribution in [2.75, 3.05) is 13.7 Å². The molecule has 0 aliphatic carbocycles. The van der Waals surface area contributed by atoms with Crippen LogP contribution in [0, 0.1) is 5.82 Å². The Kier molecular flexibility index (Phi) is 7.24. The van der Waals surface area contributed by atoms with Gasteiger partial charge < -0.3 is 16.2 Å². The zero-order valence-corrected chi connectivity index (χ0v) is 9.63. The number of hydrogen-bond acceptors (Lipinski definition) is 3. The summed E-state index contributed by atoms with van der Waals surface area (Å²) in [6, 6.07) is 4.93. The van der Waals surface area contributed by atoms with Crippen LogP contribution in [0.15, 0.2) is 18.2 Å². The Bertz CT molecular complexity index is 348. The molecule has 1 aromatic carbocycles. The van der Waals surface area contributed by atoms with E-state index in [9.17, 15) is 9.18 Å². The Labute approximate surface area is 98.3 Å². The van der Waals surface area contributed by atoms with Gasteiger partial charge in [-0.3, -0.25) is 0 Å². The molecule has 0 bridgehead atoms. The van der Waals surface area contributed by atoms with E-state index < -0.39 is 6.09 Å². The van der Waals surface area contributed by atoms with Crippen molar-refractivity contribution in [3.8, 4) is 0 Å². The summed E-state index contributed by atoms with van der Waals surface area (Å²) in [5, 5.41) is 0.163. The Morgan fingerprint density at radius 3 is 2.56 bits per heavy atom. The van der Waals surface area contributed by atoms with E-state index in [0.29, 0.717) is 18.5 Å². The highest BCUT2D eigenvalue weighted by Gasteiger charge is 2.03. The molecule has 0 aromatic heterocycles. The first kappa shape index (κ1) is 14.7. The van der Waals surface area contributed by atoms with Gasteiger partial charge in [0.2, 0.25) is 0 Å². The minimum Gasteiger partial charge on any atom is -0.453 e. The van der Waals surface area contributed by atoms with Gasteiger partial charge in [-0.1, -0.05) is 23.7 Å². The SMILES string of the molecule is COC(N)=O.NCCc1cccc(Cl)c1F. The number of halogens is 2. The second-order valence-electron chi connectivity index (χ2n) is 2.77. The molecule has 0 saturated heterocycles. The van der Waals surface area contributed by atoms with Gasteiger partial charge in [0.05, 0.1) is 12.1 Å². The van der Waals surface area contributed by atoms with Crippen LogP contribution in [0.5, 0.6) is 0 Å². The van der Waals surface area contributed by atoms with E-state index >= 15 is 0 Å². The lowest BCUT2D eigenvalue weighted by molar-refractivity contribution is 0.182. The number of amides is 1. The van der Waals surface area contributed by atoms with E-state index in [1.54, 1.807) is 12.1 Å². The number of ether oxygens (including phenoxy) is 1. The van der Waals surface area contributed by atoms with Gasteiger partial charge in [-0.05, 0) is 24.6 Å². The molecule has 16 heavy (non-hydrogen) atoms. The molecule has 6 heteroatoms. The smallest absolute Gasteiger partial charge is 0.404 e. The number of primary amides is 1. The predicted octanol–water partition coefficient (Wildman–Crippen LogP) is 1.69. The highest BCUT2D eigenvalue weighted by Crippen LogP contribution is 2.17. The minimum atomic E-state index is -0.745. The zero-order valence-electron chi connectivity index (χ0n) is 8.87. The first-order valence-electron chi connectivity index (χ1n) is 4.49. The lowest BCUT2D eigenvalue weighted by atomic mass is 10.1. The third-order valence-corrected chi connectivity index (χ3v) is 1.94. The normalized spacial score (nSPS) is 9.00. The molecule has 0 aliphatic rings. The zero-order chi connectivity index (χ0) is 12.6. The molecule has 1 aromatic rings. The van der Waals surface area contributed by atoms with Gasteiger partial charge >= 0.3 is 6.09 Å². The maximum absolute atomic E-state index is 13.0. The van der Waals surface area contributed by atoms with E-state index in [-0.39, 0.29) is 10.8 Å². The van der Waals surface area contributed by atoms with Crippen LogP contribution < -0.4 is 11.5 Å². The fourth-order valence-electron chi connectivity index (χ4n) is 0.897. The van der Waals surface area contributed by atoms with Crippen molar-refractivity contribution in [3.05, 3.63) is 34.6 Å². The molecule has 0 aliphatic heterocycles. The highest BCUT2D eigenvalue weighted by molar-refractivity contribution is 6.30. The summed E-state index contributed by atoms with van der Waals surface area (Å²) in [7, 11) is 1.22. The molecule has 0 heterocycles. The molecule has 1 rings (SSSR count). The fourth-order valence-corrected chi connectivity index (χ4v) is 1.09. The molecule has 1 amide bonds.